The number of aromatic amines is 1. The molecule has 0 fully saturated rings. The molecular formula is C18H15ClFN3OS. The number of carbonyl (C=O) groups is 1. The van der Waals surface area contributed by atoms with Crippen LogP contribution in [0, 0.1) is 5.82 Å². The highest BCUT2D eigenvalue weighted by molar-refractivity contribution is 7.99. The van der Waals surface area contributed by atoms with Gasteiger partial charge in [-0.25, -0.2) is 9.37 Å². The van der Waals surface area contributed by atoms with Gasteiger partial charge in [0.05, 0.1) is 11.9 Å². The van der Waals surface area contributed by atoms with Crippen LogP contribution in [-0.4, -0.2) is 28.2 Å². The van der Waals surface area contributed by atoms with Gasteiger partial charge in [-0.15, -0.1) is 0 Å². The quantitative estimate of drug-likeness (QED) is 0.496. The molecule has 2 N–H and O–H groups in total. The molecule has 0 spiro atoms. The van der Waals surface area contributed by atoms with E-state index in [0.717, 1.165) is 16.4 Å². The van der Waals surface area contributed by atoms with E-state index >= 15 is 0 Å². The minimum Gasteiger partial charge on any atom is -0.351 e. The third-order valence-electron chi connectivity index (χ3n) is 3.42. The number of rotatable bonds is 6. The molecule has 1 amide bonds. The van der Waals surface area contributed by atoms with E-state index in [1.807, 2.05) is 0 Å². The van der Waals surface area contributed by atoms with Crippen molar-refractivity contribution in [1.82, 2.24) is 15.3 Å². The lowest BCUT2D eigenvalue weighted by Gasteiger charge is -2.04. The van der Waals surface area contributed by atoms with Crippen molar-refractivity contribution in [3.63, 3.8) is 0 Å². The zero-order valence-corrected chi connectivity index (χ0v) is 14.7. The largest absolute Gasteiger partial charge is 0.351 e. The van der Waals surface area contributed by atoms with Gasteiger partial charge in [0.25, 0.3) is 5.91 Å². The summed E-state index contributed by atoms with van der Waals surface area (Å²) in [5, 5.41) is 4.12. The van der Waals surface area contributed by atoms with Crippen LogP contribution in [0.1, 0.15) is 10.4 Å². The number of nitrogens with zero attached hydrogens (tertiary/aromatic N) is 1. The lowest BCUT2D eigenvalue weighted by atomic mass is 10.2. The lowest BCUT2D eigenvalue weighted by molar-refractivity contribution is 0.0956. The molecule has 1 heterocycles. The predicted molar refractivity (Wildman–Crippen MR) is 98.5 cm³/mol. The van der Waals surface area contributed by atoms with Gasteiger partial charge < -0.3 is 10.3 Å². The smallest absolute Gasteiger partial charge is 0.251 e. The molecule has 0 saturated heterocycles. The highest BCUT2D eigenvalue weighted by atomic mass is 35.5. The molecule has 25 heavy (non-hydrogen) atoms. The van der Waals surface area contributed by atoms with Crippen LogP contribution in [0.2, 0.25) is 5.02 Å². The molecule has 3 rings (SSSR count). The Kier molecular flexibility index (Phi) is 5.73. The third-order valence-corrected chi connectivity index (χ3v) is 4.55. The van der Waals surface area contributed by atoms with Gasteiger partial charge in [-0.2, -0.15) is 0 Å². The second kappa shape index (κ2) is 8.18. The highest BCUT2D eigenvalue weighted by Crippen LogP contribution is 2.21. The number of carbonyl (C=O) groups excluding carboxylic acids is 1. The topological polar surface area (TPSA) is 57.8 Å². The molecular weight excluding hydrogens is 361 g/mol. The number of amides is 1. The van der Waals surface area contributed by atoms with Gasteiger partial charge in [-0.05, 0) is 48.0 Å². The van der Waals surface area contributed by atoms with E-state index in [2.05, 4.69) is 15.3 Å². The van der Waals surface area contributed by atoms with Gasteiger partial charge in [0.1, 0.15) is 5.82 Å². The molecule has 7 heteroatoms. The zero-order chi connectivity index (χ0) is 17.6. The van der Waals surface area contributed by atoms with Crippen molar-refractivity contribution >= 4 is 29.3 Å². The molecule has 0 unspecified atom stereocenters. The van der Waals surface area contributed by atoms with Crippen LogP contribution < -0.4 is 5.32 Å². The molecule has 1 aromatic heterocycles. The number of hydrogen-bond acceptors (Lipinski definition) is 3. The Hall–Kier alpha value is -2.31. The first-order valence-electron chi connectivity index (χ1n) is 7.59. The van der Waals surface area contributed by atoms with E-state index in [1.165, 1.54) is 23.9 Å². The Morgan fingerprint density at radius 3 is 2.80 bits per heavy atom. The van der Waals surface area contributed by atoms with Crippen LogP contribution in [0.25, 0.3) is 11.3 Å². The summed E-state index contributed by atoms with van der Waals surface area (Å²) in [5.41, 5.74) is 2.23. The van der Waals surface area contributed by atoms with Gasteiger partial charge in [0.15, 0.2) is 5.16 Å². The van der Waals surface area contributed by atoms with Crippen molar-refractivity contribution in [3.05, 3.63) is 71.1 Å². The van der Waals surface area contributed by atoms with Gasteiger partial charge in [-0.1, -0.05) is 29.4 Å². The Morgan fingerprint density at radius 2 is 2.04 bits per heavy atom. The monoisotopic (exact) mass is 375 g/mol. The minimum absolute atomic E-state index is 0.158. The van der Waals surface area contributed by atoms with Gasteiger partial charge >= 0.3 is 0 Å². The summed E-state index contributed by atoms with van der Waals surface area (Å²) in [5.74, 6) is 0.241. The molecule has 0 bridgehead atoms. The molecule has 0 saturated carbocycles. The first kappa shape index (κ1) is 17.5. The van der Waals surface area contributed by atoms with E-state index in [9.17, 15) is 9.18 Å². The van der Waals surface area contributed by atoms with Crippen molar-refractivity contribution < 1.29 is 9.18 Å². The number of halogens is 2. The van der Waals surface area contributed by atoms with Gasteiger partial charge in [0, 0.05) is 22.9 Å². The Balaban J connectivity index is 1.48. The number of thioether (sulfide) groups is 1. The van der Waals surface area contributed by atoms with Crippen molar-refractivity contribution in [3.8, 4) is 11.3 Å². The number of imidazole rings is 1. The van der Waals surface area contributed by atoms with Crippen molar-refractivity contribution in [2.24, 2.45) is 0 Å². The fraction of sp³-hybridized carbons (Fsp3) is 0.111. The van der Waals surface area contributed by atoms with E-state index in [1.54, 1.807) is 42.6 Å². The molecule has 3 aromatic rings. The molecule has 2 aromatic carbocycles. The minimum atomic E-state index is -0.270. The first-order chi connectivity index (χ1) is 12.1. The van der Waals surface area contributed by atoms with Crippen molar-refractivity contribution in [2.45, 2.75) is 5.16 Å². The second-order valence-electron chi connectivity index (χ2n) is 5.22. The van der Waals surface area contributed by atoms with Crippen molar-refractivity contribution in [2.75, 3.05) is 12.3 Å². The van der Waals surface area contributed by atoms with Crippen LogP contribution >= 0.6 is 23.4 Å². The van der Waals surface area contributed by atoms with Gasteiger partial charge in [0.2, 0.25) is 0 Å². The summed E-state index contributed by atoms with van der Waals surface area (Å²) in [4.78, 5) is 19.5. The van der Waals surface area contributed by atoms with Gasteiger partial charge in [-0.3, -0.25) is 4.79 Å². The van der Waals surface area contributed by atoms with E-state index in [4.69, 9.17) is 11.6 Å². The molecule has 128 valence electrons. The van der Waals surface area contributed by atoms with E-state index < -0.39 is 0 Å². The average molecular weight is 376 g/mol. The van der Waals surface area contributed by atoms with Crippen LogP contribution in [0.3, 0.4) is 0 Å². The summed E-state index contributed by atoms with van der Waals surface area (Å²) >= 11 is 7.37. The van der Waals surface area contributed by atoms with Crippen LogP contribution in [0.5, 0.6) is 0 Å². The highest BCUT2D eigenvalue weighted by Gasteiger charge is 2.07. The molecule has 0 aliphatic heterocycles. The number of nitrogens with one attached hydrogen (secondary N) is 2. The number of hydrogen-bond donors (Lipinski definition) is 2. The Bertz CT molecular complexity index is 867. The molecule has 0 aliphatic rings. The number of H-pyrrole nitrogens is 1. The maximum atomic E-state index is 13.0. The summed E-state index contributed by atoms with van der Waals surface area (Å²) in [6.45, 7) is 0.503. The SMILES string of the molecule is O=C(NCCSc1ncc(-c2ccc(F)cc2)[nH]1)c1cccc(Cl)c1. The van der Waals surface area contributed by atoms with Crippen LogP contribution in [-0.2, 0) is 0 Å². The second-order valence-corrected chi connectivity index (χ2v) is 6.74. The third kappa shape index (κ3) is 4.84. The molecule has 0 atom stereocenters. The Labute approximate surface area is 153 Å². The average Bonchev–Trinajstić information content (AvgIpc) is 3.08. The predicted octanol–water partition coefficient (Wildman–Crippen LogP) is 4.39. The molecule has 4 nitrogen and oxygen atoms in total. The maximum absolute atomic E-state index is 13.0. The zero-order valence-electron chi connectivity index (χ0n) is 13.1. The summed E-state index contributed by atoms with van der Waals surface area (Å²) in [6.07, 6.45) is 1.71. The first-order valence-corrected chi connectivity index (χ1v) is 8.96. The number of benzene rings is 2. The normalized spacial score (nSPS) is 10.6. The summed E-state index contributed by atoms with van der Waals surface area (Å²) in [7, 11) is 0. The van der Waals surface area contributed by atoms with Crippen LogP contribution in [0.4, 0.5) is 4.39 Å². The maximum Gasteiger partial charge on any atom is 0.251 e. The Morgan fingerprint density at radius 1 is 1.24 bits per heavy atom. The molecule has 0 radical (unpaired) electrons. The molecule has 0 aliphatic carbocycles. The van der Waals surface area contributed by atoms with Crippen LogP contribution in [0.15, 0.2) is 59.9 Å². The lowest BCUT2D eigenvalue weighted by Crippen LogP contribution is -2.25. The van der Waals surface area contributed by atoms with E-state index in [0.29, 0.717) is 22.9 Å². The summed E-state index contributed by atoms with van der Waals surface area (Å²) in [6, 6.07) is 13.0. The number of aromatic nitrogens is 2. The van der Waals surface area contributed by atoms with E-state index in [-0.39, 0.29) is 11.7 Å². The summed E-state index contributed by atoms with van der Waals surface area (Å²) < 4.78 is 13.0. The van der Waals surface area contributed by atoms with Crippen molar-refractivity contribution in [1.29, 1.82) is 0 Å². The fourth-order valence-electron chi connectivity index (χ4n) is 2.20. The fourth-order valence-corrected chi connectivity index (χ4v) is 3.09. The standard InChI is InChI=1S/C18H15ClFN3OS/c19-14-3-1-2-13(10-14)17(24)21-8-9-25-18-22-11-16(23-18)12-4-6-15(20)7-5-12/h1-7,10-11H,8-9H2,(H,21,24)(H,22,23).